The number of nitrogens with zero attached hydrogens (tertiary/aromatic N) is 1. The van der Waals surface area contributed by atoms with E-state index >= 15 is 0 Å². The van der Waals surface area contributed by atoms with Gasteiger partial charge in [-0.2, -0.15) is 0 Å². The molecule has 0 saturated carbocycles. The first-order valence-corrected chi connectivity index (χ1v) is 11.8. The number of hydrogen-bond donors (Lipinski definition) is 1. The first-order valence-electron chi connectivity index (χ1n) is 9.56. The SMILES string of the molecule is C[C@@H](C(=O)Nc1ccc(OCc2ccccc2)cc1)N(c1ccc(Cl)cc1)S(C)(=O)=O. The van der Waals surface area contributed by atoms with Crippen molar-refractivity contribution in [3.8, 4) is 5.75 Å². The van der Waals surface area contributed by atoms with Crippen LogP contribution >= 0.6 is 11.6 Å². The fraction of sp³-hybridized carbons (Fsp3) is 0.174. The van der Waals surface area contributed by atoms with Crippen molar-refractivity contribution in [2.45, 2.75) is 19.6 Å². The van der Waals surface area contributed by atoms with Crippen molar-refractivity contribution >= 4 is 38.9 Å². The highest BCUT2D eigenvalue weighted by Gasteiger charge is 2.29. The highest BCUT2D eigenvalue weighted by atomic mass is 35.5. The highest BCUT2D eigenvalue weighted by Crippen LogP contribution is 2.24. The second kappa shape index (κ2) is 9.85. The summed E-state index contributed by atoms with van der Waals surface area (Å²) in [5.41, 5.74) is 1.95. The molecule has 0 heterocycles. The number of amides is 1. The molecule has 3 aromatic carbocycles. The Labute approximate surface area is 187 Å². The number of nitrogens with one attached hydrogen (secondary N) is 1. The molecule has 0 radical (unpaired) electrons. The molecule has 3 aromatic rings. The minimum atomic E-state index is -3.70. The lowest BCUT2D eigenvalue weighted by atomic mass is 10.2. The molecule has 0 spiro atoms. The van der Waals surface area contributed by atoms with Crippen molar-refractivity contribution in [1.29, 1.82) is 0 Å². The molecule has 1 amide bonds. The second-order valence-corrected chi connectivity index (χ2v) is 9.29. The van der Waals surface area contributed by atoms with E-state index in [2.05, 4.69) is 5.32 Å². The minimum Gasteiger partial charge on any atom is -0.489 e. The van der Waals surface area contributed by atoms with Gasteiger partial charge in [0, 0.05) is 10.7 Å². The van der Waals surface area contributed by atoms with E-state index < -0.39 is 22.0 Å². The van der Waals surface area contributed by atoms with Crippen molar-refractivity contribution in [1.82, 2.24) is 0 Å². The lowest BCUT2D eigenvalue weighted by Crippen LogP contribution is -2.45. The van der Waals surface area contributed by atoms with Crippen LogP contribution in [0.4, 0.5) is 11.4 Å². The Morgan fingerprint density at radius 3 is 2.19 bits per heavy atom. The summed E-state index contributed by atoms with van der Waals surface area (Å²) in [5.74, 6) is 0.201. The van der Waals surface area contributed by atoms with Crippen LogP contribution in [0.3, 0.4) is 0 Å². The van der Waals surface area contributed by atoms with E-state index in [1.54, 1.807) is 48.5 Å². The Balaban J connectivity index is 1.67. The Morgan fingerprint density at radius 2 is 1.61 bits per heavy atom. The van der Waals surface area contributed by atoms with Gasteiger partial charge in [-0.05, 0) is 61.0 Å². The summed E-state index contributed by atoms with van der Waals surface area (Å²) in [6, 6.07) is 22.0. The third-order valence-corrected chi connectivity index (χ3v) is 6.03. The Hall–Kier alpha value is -3.03. The van der Waals surface area contributed by atoms with Crippen LogP contribution in [-0.2, 0) is 21.4 Å². The van der Waals surface area contributed by atoms with E-state index in [9.17, 15) is 13.2 Å². The molecule has 0 fully saturated rings. The monoisotopic (exact) mass is 458 g/mol. The van der Waals surface area contributed by atoms with Crippen molar-refractivity contribution in [2.24, 2.45) is 0 Å². The molecule has 0 saturated heterocycles. The van der Waals surface area contributed by atoms with Gasteiger partial charge in [0.1, 0.15) is 18.4 Å². The molecule has 6 nitrogen and oxygen atoms in total. The molecular formula is C23H23ClN2O4S. The molecule has 31 heavy (non-hydrogen) atoms. The number of carbonyl (C=O) groups is 1. The number of anilines is 2. The number of ether oxygens (including phenoxy) is 1. The molecule has 0 aliphatic carbocycles. The molecule has 3 rings (SSSR count). The molecule has 0 aliphatic heterocycles. The average Bonchev–Trinajstić information content (AvgIpc) is 2.74. The van der Waals surface area contributed by atoms with Gasteiger partial charge in [0.15, 0.2) is 0 Å². The normalized spacial score (nSPS) is 12.1. The van der Waals surface area contributed by atoms with Crippen LogP contribution in [0.25, 0.3) is 0 Å². The number of rotatable bonds is 8. The lowest BCUT2D eigenvalue weighted by Gasteiger charge is -2.28. The van der Waals surface area contributed by atoms with Crippen LogP contribution in [0.15, 0.2) is 78.9 Å². The van der Waals surface area contributed by atoms with Gasteiger partial charge in [0.25, 0.3) is 0 Å². The minimum absolute atomic E-state index is 0.360. The largest absolute Gasteiger partial charge is 0.489 e. The van der Waals surface area contributed by atoms with Gasteiger partial charge in [-0.1, -0.05) is 41.9 Å². The standard InChI is InChI=1S/C23H23ClN2O4S/c1-17(26(31(2,28)29)21-12-8-19(24)9-13-21)23(27)25-20-10-14-22(15-11-20)30-16-18-6-4-3-5-7-18/h3-15,17H,16H2,1-2H3,(H,25,27)/t17-/m0/s1. The zero-order chi connectivity index (χ0) is 22.4. The van der Waals surface area contributed by atoms with E-state index in [0.717, 1.165) is 16.1 Å². The number of sulfonamides is 1. The van der Waals surface area contributed by atoms with Crippen LogP contribution in [0.1, 0.15) is 12.5 Å². The van der Waals surface area contributed by atoms with Gasteiger partial charge < -0.3 is 10.1 Å². The third kappa shape index (κ3) is 6.23. The zero-order valence-corrected chi connectivity index (χ0v) is 18.7. The summed E-state index contributed by atoms with van der Waals surface area (Å²) in [6.45, 7) is 1.97. The maximum Gasteiger partial charge on any atom is 0.247 e. The molecule has 1 N–H and O–H groups in total. The quantitative estimate of drug-likeness (QED) is 0.530. The maximum atomic E-state index is 12.8. The molecule has 0 unspecified atom stereocenters. The average molecular weight is 459 g/mol. The van der Waals surface area contributed by atoms with Crippen molar-refractivity contribution in [3.05, 3.63) is 89.4 Å². The predicted molar refractivity (Wildman–Crippen MR) is 124 cm³/mol. The summed E-state index contributed by atoms with van der Waals surface area (Å²) in [5, 5.41) is 3.23. The number of halogens is 1. The summed E-state index contributed by atoms with van der Waals surface area (Å²) in [6.07, 6.45) is 1.06. The fourth-order valence-corrected chi connectivity index (χ4v) is 4.32. The summed E-state index contributed by atoms with van der Waals surface area (Å²) in [4.78, 5) is 12.8. The number of benzene rings is 3. The summed E-state index contributed by atoms with van der Waals surface area (Å²) < 4.78 is 31.5. The van der Waals surface area contributed by atoms with E-state index in [4.69, 9.17) is 16.3 Å². The fourth-order valence-electron chi connectivity index (χ4n) is 3.02. The van der Waals surface area contributed by atoms with E-state index in [-0.39, 0.29) is 0 Å². The summed E-state index contributed by atoms with van der Waals surface area (Å²) >= 11 is 5.89. The first-order chi connectivity index (χ1) is 14.7. The Bertz CT molecular complexity index is 1120. The van der Waals surface area contributed by atoms with Crippen molar-refractivity contribution < 1.29 is 17.9 Å². The van der Waals surface area contributed by atoms with Crippen LogP contribution in [0.2, 0.25) is 5.02 Å². The highest BCUT2D eigenvalue weighted by molar-refractivity contribution is 7.92. The van der Waals surface area contributed by atoms with Crippen LogP contribution in [-0.4, -0.2) is 26.6 Å². The number of hydrogen-bond acceptors (Lipinski definition) is 4. The van der Waals surface area contributed by atoms with Gasteiger partial charge in [0.2, 0.25) is 15.9 Å². The molecule has 162 valence electrons. The first kappa shape index (κ1) is 22.7. The molecule has 1 atom stereocenters. The third-order valence-electron chi connectivity index (χ3n) is 4.54. The predicted octanol–water partition coefficient (Wildman–Crippen LogP) is 4.71. The van der Waals surface area contributed by atoms with Gasteiger partial charge in [-0.25, -0.2) is 8.42 Å². The van der Waals surface area contributed by atoms with Gasteiger partial charge in [-0.3, -0.25) is 9.10 Å². The molecule has 8 heteroatoms. The smallest absolute Gasteiger partial charge is 0.247 e. The second-order valence-electron chi connectivity index (χ2n) is 7.00. The van der Waals surface area contributed by atoms with E-state index in [0.29, 0.717) is 28.8 Å². The van der Waals surface area contributed by atoms with E-state index in [1.807, 2.05) is 30.3 Å². The Morgan fingerprint density at radius 1 is 1.00 bits per heavy atom. The number of carbonyl (C=O) groups excluding carboxylic acids is 1. The van der Waals surface area contributed by atoms with Gasteiger partial charge >= 0.3 is 0 Å². The van der Waals surface area contributed by atoms with Gasteiger partial charge in [0.05, 0.1) is 11.9 Å². The van der Waals surface area contributed by atoms with Crippen LogP contribution < -0.4 is 14.4 Å². The van der Waals surface area contributed by atoms with Gasteiger partial charge in [-0.15, -0.1) is 0 Å². The molecular weight excluding hydrogens is 436 g/mol. The van der Waals surface area contributed by atoms with Crippen molar-refractivity contribution in [3.63, 3.8) is 0 Å². The topological polar surface area (TPSA) is 75.7 Å². The summed E-state index contributed by atoms with van der Waals surface area (Å²) in [7, 11) is -3.70. The van der Waals surface area contributed by atoms with E-state index in [1.165, 1.54) is 6.92 Å². The molecule has 0 aromatic heterocycles. The molecule has 0 bridgehead atoms. The van der Waals surface area contributed by atoms with Crippen LogP contribution in [0.5, 0.6) is 5.75 Å². The molecule has 0 aliphatic rings. The Kier molecular flexibility index (Phi) is 7.20. The zero-order valence-electron chi connectivity index (χ0n) is 17.2. The lowest BCUT2D eigenvalue weighted by molar-refractivity contribution is -0.116. The van der Waals surface area contributed by atoms with Crippen LogP contribution in [0, 0.1) is 0 Å². The maximum absolute atomic E-state index is 12.8. The van der Waals surface area contributed by atoms with Crippen molar-refractivity contribution in [2.75, 3.05) is 15.9 Å².